The fourth-order valence-corrected chi connectivity index (χ4v) is 6.25. The van der Waals surface area contributed by atoms with E-state index >= 15 is 0 Å². The normalized spacial score (nSPS) is 18.0. The third-order valence-electron chi connectivity index (χ3n) is 7.05. The van der Waals surface area contributed by atoms with Gasteiger partial charge in [0.25, 0.3) is 0 Å². The van der Waals surface area contributed by atoms with Crippen LogP contribution in [-0.4, -0.2) is 60.7 Å². The van der Waals surface area contributed by atoms with Crippen molar-refractivity contribution in [1.82, 2.24) is 9.88 Å². The Labute approximate surface area is 194 Å². The van der Waals surface area contributed by atoms with E-state index in [-0.39, 0.29) is 23.0 Å². The molecule has 2 aliphatic rings. The Morgan fingerprint density at radius 2 is 1.76 bits per heavy atom. The molecular weight excluding hydrogens is 442 g/mol. The molecule has 33 heavy (non-hydrogen) atoms. The van der Waals surface area contributed by atoms with Gasteiger partial charge in [-0.1, -0.05) is 6.07 Å². The number of anilines is 1. The van der Waals surface area contributed by atoms with Crippen LogP contribution >= 0.6 is 0 Å². The number of benzene rings is 1. The highest BCUT2D eigenvalue weighted by molar-refractivity contribution is 7.91. The Kier molecular flexibility index (Phi) is 6.43. The molecular formula is C24H29N3O5S. The van der Waals surface area contributed by atoms with Crippen LogP contribution < -0.4 is 4.90 Å². The molecule has 0 radical (unpaired) electrons. The smallest absolute Gasteiger partial charge is 0.309 e. The van der Waals surface area contributed by atoms with Crippen LogP contribution in [0.1, 0.15) is 37.3 Å². The molecule has 1 fully saturated rings. The molecule has 0 aliphatic carbocycles. The van der Waals surface area contributed by atoms with Gasteiger partial charge in [-0.3, -0.25) is 14.6 Å². The van der Waals surface area contributed by atoms with Gasteiger partial charge >= 0.3 is 5.97 Å². The minimum atomic E-state index is -3.66. The molecule has 2 aromatic rings. The number of hydrogen-bond acceptors (Lipinski definition) is 6. The van der Waals surface area contributed by atoms with Crippen molar-refractivity contribution in [2.75, 3.05) is 30.3 Å². The summed E-state index contributed by atoms with van der Waals surface area (Å²) in [5, 5.41) is 9.99. The van der Waals surface area contributed by atoms with E-state index in [0.717, 1.165) is 16.8 Å². The van der Waals surface area contributed by atoms with Gasteiger partial charge < -0.3 is 14.9 Å². The van der Waals surface area contributed by atoms with Gasteiger partial charge in [-0.05, 0) is 61.1 Å². The van der Waals surface area contributed by atoms with E-state index in [0.29, 0.717) is 45.4 Å². The largest absolute Gasteiger partial charge is 0.481 e. The van der Waals surface area contributed by atoms with Crippen LogP contribution in [-0.2, 0) is 32.4 Å². The van der Waals surface area contributed by atoms with Crippen LogP contribution in [0.5, 0.6) is 0 Å². The molecule has 1 aromatic carbocycles. The van der Waals surface area contributed by atoms with Crippen molar-refractivity contribution in [3.05, 3.63) is 53.9 Å². The summed E-state index contributed by atoms with van der Waals surface area (Å²) in [5.41, 5.74) is 1.83. The third-order valence-corrected chi connectivity index (χ3v) is 8.76. The van der Waals surface area contributed by atoms with Crippen LogP contribution in [0.3, 0.4) is 0 Å². The molecule has 1 aromatic heterocycles. The zero-order valence-electron chi connectivity index (χ0n) is 18.7. The molecule has 1 amide bonds. The Balaban J connectivity index is 1.46. The molecule has 4 rings (SSSR count). The van der Waals surface area contributed by atoms with E-state index in [1.807, 2.05) is 18.2 Å². The number of carboxylic acid groups (broad SMARTS) is 1. The van der Waals surface area contributed by atoms with Crippen molar-refractivity contribution in [2.24, 2.45) is 5.41 Å². The highest BCUT2D eigenvalue weighted by Crippen LogP contribution is 2.38. The first-order chi connectivity index (χ1) is 15.7. The summed E-state index contributed by atoms with van der Waals surface area (Å²) in [6, 6.07) is 8.86. The number of carbonyl (C=O) groups excluding carboxylic acids is 1. The second-order valence-electron chi connectivity index (χ2n) is 8.97. The van der Waals surface area contributed by atoms with Crippen molar-refractivity contribution < 1.29 is 23.1 Å². The van der Waals surface area contributed by atoms with E-state index in [4.69, 9.17) is 0 Å². The summed E-state index contributed by atoms with van der Waals surface area (Å²) >= 11 is 0. The van der Waals surface area contributed by atoms with E-state index in [1.54, 1.807) is 29.4 Å². The summed E-state index contributed by atoms with van der Waals surface area (Å²) in [6.07, 6.45) is 4.96. The van der Waals surface area contributed by atoms with E-state index in [9.17, 15) is 23.1 Å². The number of aliphatic carboxylic acids is 1. The lowest BCUT2D eigenvalue weighted by Crippen LogP contribution is -2.45. The number of nitrogens with zero attached hydrogens (tertiary/aromatic N) is 3. The second kappa shape index (κ2) is 9.13. The number of carboxylic acids is 1. The van der Waals surface area contributed by atoms with Crippen molar-refractivity contribution in [3.8, 4) is 0 Å². The van der Waals surface area contributed by atoms with E-state index in [2.05, 4.69) is 9.88 Å². The van der Waals surface area contributed by atoms with Crippen LogP contribution in [0.15, 0.2) is 47.6 Å². The van der Waals surface area contributed by atoms with Gasteiger partial charge in [-0.15, -0.1) is 0 Å². The molecule has 176 valence electrons. The zero-order chi connectivity index (χ0) is 23.6. The molecule has 1 saturated heterocycles. The van der Waals surface area contributed by atoms with Gasteiger partial charge in [0.1, 0.15) is 0 Å². The quantitative estimate of drug-likeness (QED) is 0.690. The van der Waals surface area contributed by atoms with Crippen LogP contribution in [0.4, 0.5) is 5.69 Å². The summed E-state index contributed by atoms with van der Waals surface area (Å²) in [4.78, 5) is 32.0. The Bertz CT molecular complexity index is 1140. The molecule has 3 heterocycles. The number of aromatic nitrogens is 1. The lowest BCUT2D eigenvalue weighted by Gasteiger charge is -2.40. The number of sulfone groups is 1. The molecule has 0 spiro atoms. The maximum Gasteiger partial charge on any atom is 0.309 e. The highest BCUT2D eigenvalue weighted by Gasteiger charge is 2.42. The van der Waals surface area contributed by atoms with Crippen molar-refractivity contribution in [1.29, 1.82) is 0 Å². The SMILES string of the molecule is CC(=O)N1CCc2ccc(S(=O)(=O)CCC3(C(=O)O)CCN(c4ccncc4)CC3)cc2C1. The summed E-state index contributed by atoms with van der Waals surface area (Å²) in [6.45, 7) is 3.65. The predicted octanol–water partition coefficient (Wildman–Crippen LogP) is 2.52. The average Bonchev–Trinajstić information content (AvgIpc) is 2.83. The average molecular weight is 472 g/mol. The number of pyridine rings is 1. The zero-order valence-corrected chi connectivity index (χ0v) is 19.6. The van der Waals surface area contributed by atoms with Gasteiger partial charge in [0.15, 0.2) is 9.84 Å². The van der Waals surface area contributed by atoms with Gasteiger partial charge in [-0.2, -0.15) is 0 Å². The topological polar surface area (TPSA) is 108 Å². The first-order valence-electron chi connectivity index (χ1n) is 11.2. The molecule has 0 unspecified atom stereocenters. The first-order valence-corrected chi connectivity index (χ1v) is 12.8. The van der Waals surface area contributed by atoms with Crippen molar-refractivity contribution in [2.45, 2.75) is 44.0 Å². The molecule has 0 atom stereocenters. The van der Waals surface area contributed by atoms with Gasteiger partial charge in [0.2, 0.25) is 5.91 Å². The fraction of sp³-hybridized carbons (Fsp3) is 0.458. The molecule has 9 heteroatoms. The van der Waals surface area contributed by atoms with Crippen LogP contribution in [0.25, 0.3) is 0 Å². The van der Waals surface area contributed by atoms with Gasteiger partial charge in [-0.25, -0.2) is 8.42 Å². The standard InChI is InChI=1S/C24H29N3O5S/c1-18(28)27-12-6-19-2-3-22(16-20(19)17-27)33(31,32)15-9-24(23(29)30)7-13-26(14-8-24)21-4-10-25-11-5-21/h2-5,10-11,16H,6-9,12-15,17H2,1H3,(H,29,30). The number of piperidine rings is 1. The van der Waals surface area contributed by atoms with Crippen molar-refractivity contribution >= 4 is 27.4 Å². The first kappa shape index (κ1) is 23.2. The minimum Gasteiger partial charge on any atom is -0.481 e. The third kappa shape index (κ3) is 4.88. The number of fused-ring (bicyclic) bond motifs is 1. The van der Waals surface area contributed by atoms with Crippen molar-refractivity contribution in [3.63, 3.8) is 0 Å². The van der Waals surface area contributed by atoms with Gasteiger partial charge in [0, 0.05) is 51.2 Å². The maximum absolute atomic E-state index is 13.1. The lowest BCUT2D eigenvalue weighted by molar-refractivity contribution is -0.150. The molecule has 8 nitrogen and oxygen atoms in total. The minimum absolute atomic E-state index is 0.0320. The number of carbonyl (C=O) groups is 2. The van der Waals surface area contributed by atoms with Crippen LogP contribution in [0, 0.1) is 5.41 Å². The molecule has 0 bridgehead atoms. The van der Waals surface area contributed by atoms with E-state index in [1.165, 1.54) is 6.92 Å². The predicted molar refractivity (Wildman–Crippen MR) is 124 cm³/mol. The molecule has 1 N–H and O–H groups in total. The molecule has 2 aliphatic heterocycles. The van der Waals surface area contributed by atoms with E-state index < -0.39 is 21.2 Å². The fourth-order valence-electron chi connectivity index (χ4n) is 4.76. The summed E-state index contributed by atoms with van der Waals surface area (Å²) in [7, 11) is -3.66. The lowest BCUT2D eigenvalue weighted by atomic mass is 9.76. The summed E-state index contributed by atoms with van der Waals surface area (Å²) in [5.74, 6) is -1.19. The second-order valence-corrected chi connectivity index (χ2v) is 11.1. The number of hydrogen-bond donors (Lipinski definition) is 1. The monoisotopic (exact) mass is 471 g/mol. The number of amides is 1. The Hall–Kier alpha value is -2.94. The number of rotatable bonds is 6. The highest BCUT2D eigenvalue weighted by atomic mass is 32.2. The van der Waals surface area contributed by atoms with Crippen LogP contribution in [0.2, 0.25) is 0 Å². The molecule has 0 saturated carbocycles. The maximum atomic E-state index is 13.1. The summed E-state index contributed by atoms with van der Waals surface area (Å²) < 4.78 is 26.3. The Morgan fingerprint density at radius 3 is 2.39 bits per heavy atom. The van der Waals surface area contributed by atoms with Gasteiger partial charge in [0.05, 0.1) is 16.1 Å². The Morgan fingerprint density at radius 1 is 1.06 bits per heavy atom.